The molecule has 1 unspecified atom stereocenters. The number of rotatable bonds is 4. The van der Waals surface area contributed by atoms with Crippen LogP contribution < -0.4 is 5.32 Å². The highest BCUT2D eigenvalue weighted by molar-refractivity contribution is 6.04. The molecule has 2 amide bonds. The van der Waals surface area contributed by atoms with E-state index in [1.807, 2.05) is 13.0 Å². The summed E-state index contributed by atoms with van der Waals surface area (Å²) in [4.78, 5) is 26.1. The number of aromatic nitrogens is 2. The van der Waals surface area contributed by atoms with Crippen molar-refractivity contribution in [1.82, 2.24) is 14.7 Å². The number of likely N-dealkylation sites (tertiary alicyclic amines) is 1. The van der Waals surface area contributed by atoms with Crippen LogP contribution in [-0.2, 0) is 26.1 Å². The predicted octanol–water partition coefficient (Wildman–Crippen LogP) is 2.15. The van der Waals surface area contributed by atoms with Crippen LogP contribution in [-0.4, -0.2) is 56.9 Å². The first-order valence-electron chi connectivity index (χ1n) is 9.92. The summed E-state index contributed by atoms with van der Waals surface area (Å²) in [6, 6.07) is 1.75. The predicted molar refractivity (Wildman–Crippen MR) is 107 cm³/mol. The molecule has 3 heterocycles. The summed E-state index contributed by atoms with van der Waals surface area (Å²) in [5.74, 6) is 1.04. The molecule has 29 heavy (non-hydrogen) atoms. The van der Waals surface area contributed by atoms with E-state index in [2.05, 4.69) is 24.3 Å². The number of allylic oxidation sites excluding steroid dienone is 1. The van der Waals surface area contributed by atoms with Crippen LogP contribution in [0.4, 0.5) is 5.82 Å². The lowest BCUT2D eigenvalue weighted by molar-refractivity contribution is -0.139. The number of fused-ring (bicyclic) bond motifs is 1. The van der Waals surface area contributed by atoms with Gasteiger partial charge in [0.15, 0.2) is 5.82 Å². The van der Waals surface area contributed by atoms with Gasteiger partial charge in [-0.15, -0.1) is 0 Å². The van der Waals surface area contributed by atoms with Gasteiger partial charge in [-0.3, -0.25) is 14.3 Å². The van der Waals surface area contributed by atoms with E-state index in [1.165, 1.54) is 0 Å². The number of anilines is 1. The van der Waals surface area contributed by atoms with Crippen molar-refractivity contribution in [2.24, 2.45) is 7.05 Å². The van der Waals surface area contributed by atoms with Crippen LogP contribution in [0.15, 0.2) is 35.2 Å². The second kappa shape index (κ2) is 6.73. The fourth-order valence-corrected chi connectivity index (χ4v) is 4.35. The molecular weight excluding hydrogens is 372 g/mol. The molecule has 8 heteroatoms. The van der Waals surface area contributed by atoms with Gasteiger partial charge in [0.05, 0.1) is 24.3 Å². The Morgan fingerprint density at radius 2 is 2.00 bits per heavy atom. The quantitative estimate of drug-likeness (QED) is 0.837. The van der Waals surface area contributed by atoms with Crippen molar-refractivity contribution in [2.45, 2.75) is 57.8 Å². The summed E-state index contributed by atoms with van der Waals surface area (Å²) in [5, 5.41) is 7.06. The van der Waals surface area contributed by atoms with Crippen LogP contribution in [0.1, 0.15) is 40.5 Å². The van der Waals surface area contributed by atoms with Crippen LogP contribution in [0.5, 0.6) is 0 Å². The van der Waals surface area contributed by atoms with Crippen molar-refractivity contribution in [1.29, 1.82) is 0 Å². The van der Waals surface area contributed by atoms with Gasteiger partial charge in [-0.2, -0.15) is 5.10 Å². The zero-order valence-corrected chi connectivity index (χ0v) is 17.6. The molecule has 4 rings (SSSR count). The van der Waals surface area contributed by atoms with Crippen LogP contribution in [0.25, 0.3) is 0 Å². The second-order valence-electron chi connectivity index (χ2n) is 8.95. The molecule has 3 aliphatic rings. The minimum Gasteiger partial charge on any atom is -0.487 e. The average molecular weight is 400 g/mol. The Kier molecular flexibility index (Phi) is 4.57. The highest BCUT2D eigenvalue weighted by Gasteiger charge is 2.50. The normalized spacial score (nSPS) is 26.0. The molecule has 2 aliphatic heterocycles. The Morgan fingerprint density at radius 1 is 1.28 bits per heavy atom. The fourth-order valence-electron chi connectivity index (χ4n) is 4.35. The molecule has 1 aromatic heterocycles. The smallest absolute Gasteiger partial charge is 0.253 e. The van der Waals surface area contributed by atoms with E-state index >= 15 is 0 Å². The molecule has 2 saturated heterocycles. The molecule has 1 atom stereocenters. The summed E-state index contributed by atoms with van der Waals surface area (Å²) >= 11 is 0. The van der Waals surface area contributed by atoms with E-state index in [1.54, 1.807) is 35.8 Å². The molecule has 1 aromatic rings. The highest BCUT2D eigenvalue weighted by atomic mass is 16.5. The number of hydrogen-bond donors (Lipinski definition) is 1. The van der Waals surface area contributed by atoms with Crippen molar-refractivity contribution >= 4 is 17.6 Å². The Balaban J connectivity index is 1.58. The first-order valence-corrected chi connectivity index (χ1v) is 9.92. The number of amides is 2. The lowest BCUT2D eigenvalue weighted by atomic mass is 9.82. The van der Waals surface area contributed by atoms with Gasteiger partial charge in [-0.25, -0.2) is 0 Å². The maximum Gasteiger partial charge on any atom is 0.253 e. The summed E-state index contributed by atoms with van der Waals surface area (Å²) in [7, 11) is 1.80. The molecule has 8 nitrogen and oxygen atoms in total. The minimum absolute atomic E-state index is 0.0484. The van der Waals surface area contributed by atoms with E-state index in [9.17, 15) is 9.59 Å². The third kappa shape index (κ3) is 3.81. The standard InChI is InChI=1S/C21H28N4O4/c1-13(26)25-11-15(12-25)28-17-8-14(19(27)22-18-6-7-24(5)23-18)9-21(4)16(17)10-20(2,3)29-21/h6-8,15H,9-12H2,1-5H3,(H,22,23,27). The van der Waals surface area contributed by atoms with Gasteiger partial charge in [0, 0.05) is 50.2 Å². The fraction of sp³-hybridized carbons (Fsp3) is 0.571. The summed E-state index contributed by atoms with van der Waals surface area (Å²) in [6.07, 6.45) is 4.76. The molecule has 0 saturated carbocycles. The van der Waals surface area contributed by atoms with Crippen LogP contribution in [0.2, 0.25) is 0 Å². The maximum atomic E-state index is 12.9. The average Bonchev–Trinajstić information content (AvgIpc) is 3.07. The van der Waals surface area contributed by atoms with Crippen molar-refractivity contribution in [2.75, 3.05) is 18.4 Å². The van der Waals surface area contributed by atoms with Crippen molar-refractivity contribution < 1.29 is 19.1 Å². The van der Waals surface area contributed by atoms with Crippen LogP contribution in [0, 0.1) is 0 Å². The van der Waals surface area contributed by atoms with E-state index in [0.29, 0.717) is 36.7 Å². The zero-order chi connectivity index (χ0) is 21.0. The molecule has 0 spiro atoms. The van der Waals surface area contributed by atoms with E-state index in [4.69, 9.17) is 9.47 Å². The molecule has 1 aliphatic carbocycles. The minimum atomic E-state index is -0.589. The van der Waals surface area contributed by atoms with Gasteiger partial charge in [-0.05, 0) is 26.8 Å². The molecule has 2 fully saturated rings. The first-order chi connectivity index (χ1) is 13.5. The van der Waals surface area contributed by atoms with E-state index in [-0.39, 0.29) is 23.5 Å². The van der Waals surface area contributed by atoms with Gasteiger partial charge < -0.3 is 19.7 Å². The van der Waals surface area contributed by atoms with Crippen LogP contribution in [0.3, 0.4) is 0 Å². The molecule has 0 radical (unpaired) electrons. The van der Waals surface area contributed by atoms with Gasteiger partial charge >= 0.3 is 0 Å². The molecule has 1 N–H and O–H groups in total. The third-order valence-electron chi connectivity index (χ3n) is 5.71. The Hall–Kier alpha value is -2.61. The Bertz CT molecular complexity index is 923. The van der Waals surface area contributed by atoms with Crippen LogP contribution >= 0.6 is 0 Å². The summed E-state index contributed by atoms with van der Waals surface area (Å²) in [5.41, 5.74) is 0.759. The van der Waals surface area contributed by atoms with Gasteiger partial charge in [-0.1, -0.05) is 0 Å². The number of carbonyl (C=O) groups excluding carboxylic acids is 2. The summed E-state index contributed by atoms with van der Waals surface area (Å²) in [6.45, 7) is 8.81. The maximum absolute atomic E-state index is 12.9. The van der Waals surface area contributed by atoms with Gasteiger partial charge in [0.1, 0.15) is 11.9 Å². The lowest BCUT2D eigenvalue weighted by Gasteiger charge is -2.40. The van der Waals surface area contributed by atoms with Crippen molar-refractivity contribution in [3.05, 3.63) is 35.2 Å². The number of carbonyl (C=O) groups is 2. The topological polar surface area (TPSA) is 85.7 Å². The third-order valence-corrected chi connectivity index (χ3v) is 5.71. The van der Waals surface area contributed by atoms with Gasteiger partial charge in [0.25, 0.3) is 5.91 Å². The Labute approximate surface area is 170 Å². The lowest BCUT2D eigenvalue weighted by Crippen LogP contribution is -2.54. The Morgan fingerprint density at radius 3 is 2.62 bits per heavy atom. The number of nitrogens with one attached hydrogen (secondary N) is 1. The zero-order valence-electron chi connectivity index (χ0n) is 17.6. The SMILES string of the molecule is CC(=O)N1CC(OC2=C3CC(C)(C)OC3(C)CC(C(=O)Nc3ccn(C)n3)=C2)C1. The molecule has 156 valence electrons. The number of ether oxygens (including phenoxy) is 2. The van der Waals surface area contributed by atoms with Crippen molar-refractivity contribution in [3.8, 4) is 0 Å². The largest absolute Gasteiger partial charge is 0.487 e. The van der Waals surface area contributed by atoms with Gasteiger partial charge in [0.2, 0.25) is 5.91 Å². The molecule has 0 bridgehead atoms. The number of hydrogen-bond acceptors (Lipinski definition) is 5. The number of aryl methyl sites for hydroxylation is 1. The first kappa shape index (κ1) is 19.7. The highest BCUT2D eigenvalue weighted by Crippen LogP contribution is 2.49. The van der Waals surface area contributed by atoms with E-state index < -0.39 is 5.60 Å². The van der Waals surface area contributed by atoms with Crippen molar-refractivity contribution in [3.63, 3.8) is 0 Å². The number of nitrogens with zero attached hydrogens (tertiary/aromatic N) is 3. The summed E-state index contributed by atoms with van der Waals surface area (Å²) < 4.78 is 14.2. The van der Waals surface area contributed by atoms with E-state index in [0.717, 1.165) is 12.0 Å². The second-order valence-corrected chi connectivity index (χ2v) is 8.95. The monoisotopic (exact) mass is 400 g/mol. The molecule has 0 aromatic carbocycles. The molecular formula is C21H28N4O4.